The molecular formula is C14H19BrN2S. The highest BCUT2D eigenvalue weighted by molar-refractivity contribution is 9.10. The first-order chi connectivity index (χ1) is 8.79. The standard InChI is InChI=1S/C14H19BrN2S/c15-12-6-8-13(9-7-12)18-10-14(17-16)11-4-2-1-3-5-11/h4,6-9,14,17H,1-3,5,10,16H2. The van der Waals surface area contributed by atoms with Crippen LogP contribution in [0.15, 0.2) is 45.3 Å². The Bertz CT molecular complexity index is 403. The molecule has 1 aliphatic rings. The summed E-state index contributed by atoms with van der Waals surface area (Å²) in [7, 11) is 0. The summed E-state index contributed by atoms with van der Waals surface area (Å²) in [6.07, 6.45) is 7.37. The third-order valence-corrected chi connectivity index (χ3v) is 4.84. The van der Waals surface area contributed by atoms with E-state index in [1.165, 1.54) is 36.2 Å². The number of allylic oxidation sites excluding steroid dienone is 1. The zero-order chi connectivity index (χ0) is 12.8. The van der Waals surface area contributed by atoms with Crippen molar-refractivity contribution in [1.29, 1.82) is 0 Å². The number of thioether (sulfide) groups is 1. The van der Waals surface area contributed by atoms with E-state index in [9.17, 15) is 0 Å². The molecule has 0 saturated carbocycles. The van der Waals surface area contributed by atoms with Crippen LogP contribution < -0.4 is 11.3 Å². The fourth-order valence-electron chi connectivity index (χ4n) is 2.15. The van der Waals surface area contributed by atoms with E-state index in [0.29, 0.717) is 6.04 Å². The minimum absolute atomic E-state index is 0.305. The second-order valence-corrected chi connectivity index (χ2v) is 6.52. The van der Waals surface area contributed by atoms with Crippen LogP contribution in [0.5, 0.6) is 0 Å². The molecule has 1 unspecified atom stereocenters. The Morgan fingerprint density at radius 1 is 1.28 bits per heavy atom. The molecule has 2 nitrogen and oxygen atoms in total. The van der Waals surface area contributed by atoms with E-state index >= 15 is 0 Å². The zero-order valence-corrected chi connectivity index (χ0v) is 12.8. The molecule has 0 aromatic heterocycles. The van der Waals surface area contributed by atoms with Crippen LogP contribution in [-0.4, -0.2) is 11.8 Å². The van der Waals surface area contributed by atoms with Gasteiger partial charge in [-0.05, 0) is 49.9 Å². The summed E-state index contributed by atoms with van der Waals surface area (Å²) >= 11 is 5.30. The topological polar surface area (TPSA) is 38.0 Å². The van der Waals surface area contributed by atoms with E-state index in [0.717, 1.165) is 10.2 Å². The number of hydrazine groups is 1. The van der Waals surface area contributed by atoms with Crippen LogP contribution in [0.3, 0.4) is 0 Å². The van der Waals surface area contributed by atoms with E-state index in [4.69, 9.17) is 5.84 Å². The van der Waals surface area contributed by atoms with Gasteiger partial charge in [0.25, 0.3) is 0 Å². The molecular weight excluding hydrogens is 308 g/mol. The maximum atomic E-state index is 5.68. The summed E-state index contributed by atoms with van der Waals surface area (Å²) in [5, 5.41) is 0. The first kappa shape index (κ1) is 14.1. The van der Waals surface area contributed by atoms with Crippen LogP contribution in [0.1, 0.15) is 25.7 Å². The van der Waals surface area contributed by atoms with E-state index in [2.05, 4.69) is 51.7 Å². The molecule has 0 saturated heterocycles. The molecule has 1 atom stereocenters. The van der Waals surface area contributed by atoms with Crippen molar-refractivity contribution in [2.24, 2.45) is 5.84 Å². The van der Waals surface area contributed by atoms with Gasteiger partial charge in [0, 0.05) is 15.1 Å². The molecule has 0 heterocycles. The average molecular weight is 327 g/mol. The predicted octanol–water partition coefficient (Wildman–Crippen LogP) is 3.87. The van der Waals surface area contributed by atoms with Crippen molar-refractivity contribution >= 4 is 27.7 Å². The van der Waals surface area contributed by atoms with E-state index < -0.39 is 0 Å². The number of nitrogens with one attached hydrogen (secondary N) is 1. The van der Waals surface area contributed by atoms with Gasteiger partial charge < -0.3 is 0 Å². The maximum absolute atomic E-state index is 5.68. The highest BCUT2D eigenvalue weighted by Crippen LogP contribution is 2.26. The molecule has 2 rings (SSSR count). The second kappa shape index (κ2) is 7.34. The summed E-state index contributed by atoms with van der Waals surface area (Å²) in [6.45, 7) is 0. The normalized spacial score (nSPS) is 17.3. The van der Waals surface area contributed by atoms with Crippen LogP contribution in [0.4, 0.5) is 0 Å². The highest BCUT2D eigenvalue weighted by Gasteiger charge is 2.15. The van der Waals surface area contributed by atoms with E-state index in [1.807, 2.05) is 11.8 Å². The Hall–Kier alpha value is -0.290. The fourth-order valence-corrected chi connectivity index (χ4v) is 3.41. The Balaban J connectivity index is 1.90. The average Bonchev–Trinajstić information content (AvgIpc) is 2.43. The lowest BCUT2D eigenvalue weighted by Gasteiger charge is -2.22. The Morgan fingerprint density at radius 3 is 2.67 bits per heavy atom. The highest BCUT2D eigenvalue weighted by atomic mass is 79.9. The molecule has 0 amide bonds. The van der Waals surface area contributed by atoms with E-state index in [-0.39, 0.29) is 0 Å². The van der Waals surface area contributed by atoms with Crippen molar-refractivity contribution in [3.63, 3.8) is 0 Å². The van der Waals surface area contributed by atoms with Gasteiger partial charge in [-0.2, -0.15) is 0 Å². The zero-order valence-electron chi connectivity index (χ0n) is 10.4. The molecule has 0 bridgehead atoms. The molecule has 0 aliphatic heterocycles. The van der Waals surface area contributed by atoms with Gasteiger partial charge in [0.15, 0.2) is 0 Å². The Kier molecular flexibility index (Phi) is 5.76. The molecule has 0 fully saturated rings. The number of hydrogen-bond acceptors (Lipinski definition) is 3. The first-order valence-electron chi connectivity index (χ1n) is 6.33. The van der Waals surface area contributed by atoms with Gasteiger partial charge in [0.05, 0.1) is 6.04 Å². The molecule has 3 N–H and O–H groups in total. The third-order valence-electron chi connectivity index (χ3n) is 3.21. The lowest BCUT2D eigenvalue weighted by molar-refractivity contribution is 0.582. The van der Waals surface area contributed by atoms with Gasteiger partial charge in [0.2, 0.25) is 0 Å². The lowest BCUT2D eigenvalue weighted by atomic mass is 9.95. The minimum Gasteiger partial charge on any atom is -0.271 e. The maximum Gasteiger partial charge on any atom is 0.0513 e. The largest absolute Gasteiger partial charge is 0.271 e. The number of nitrogens with two attached hydrogens (primary N) is 1. The summed E-state index contributed by atoms with van der Waals surface area (Å²) < 4.78 is 1.12. The summed E-state index contributed by atoms with van der Waals surface area (Å²) in [4.78, 5) is 1.29. The third kappa shape index (κ3) is 4.12. The molecule has 0 spiro atoms. The Morgan fingerprint density at radius 2 is 2.06 bits per heavy atom. The van der Waals surface area contributed by atoms with Crippen molar-refractivity contribution in [2.75, 3.05) is 5.75 Å². The lowest BCUT2D eigenvalue weighted by Crippen LogP contribution is -2.38. The molecule has 18 heavy (non-hydrogen) atoms. The van der Waals surface area contributed by atoms with Crippen LogP contribution in [0.2, 0.25) is 0 Å². The van der Waals surface area contributed by atoms with Gasteiger partial charge in [-0.25, -0.2) is 0 Å². The molecule has 1 aromatic carbocycles. The molecule has 1 aliphatic carbocycles. The van der Waals surface area contributed by atoms with Gasteiger partial charge in [-0.1, -0.05) is 27.6 Å². The molecule has 1 aromatic rings. The van der Waals surface area contributed by atoms with Gasteiger partial charge in [-0.15, -0.1) is 11.8 Å². The van der Waals surface area contributed by atoms with Gasteiger partial charge in [-0.3, -0.25) is 11.3 Å². The molecule has 4 heteroatoms. The van der Waals surface area contributed by atoms with Gasteiger partial charge >= 0.3 is 0 Å². The number of halogens is 1. The number of hydrogen-bond donors (Lipinski definition) is 2. The summed E-state index contributed by atoms with van der Waals surface area (Å²) in [5.41, 5.74) is 4.43. The van der Waals surface area contributed by atoms with Crippen molar-refractivity contribution in [3.8, 4) is 0 Å². The van der Waals surface area contributed by atoms with Crippen LogP contribution >= 0.6 is 27.7 Å². The monoisotopic (exact) mass is 326 g/mol. The van der Waals surface area contributed by atoms with Crippen LogP contribution in [0, 0.1) is 0 Å². The second-order valence-electron chi connectivity index (χ2n) is 4.51. The fraction of sp³-hybridized carbons (Fsp3) is 0.429. The van der Waals surface area contributed by atoms with E-state index in [1.54, 1.807) is 0 Å². The predicted molar refractivity (Wildman–Crippen MR) is 82.5 cm³/mol. The Labute approximate surface area is 122 Å². The van der Waals surface area contributed by atoms with Crippen LogP contribution in [0.25, 0.3) is 0 Å². The van der Waals surface area contributed by atoms with Gasteiger partial charge in [0.1, 0.15) is 0 Å². The first-order valence-corrected chi connectivity index (χ1v) is 8.11. The minimum atomic E-state index is 0.305. The summed E-state index contributed by atoms with van der Waals surface area (Å²) in [5.74, 6) is 6.67. The van der Waals surface area contributed by atoms with Crippen molar-refractivity contribution in [1.82, 2.24) is 5.43 Å². The molecule has 98 valence electrons. The van der Waals surface area contributed by atoms with Crippen molar-refractivity contribution < 1.29 is 0 Å². The smallest absolute Gasteiger partial charge is 0.0513 e. The van der Waals surface area contributed by atoms with Crippen molar-refractivity contribution in [2.45, 2.75) is 36.6 Å². The molecule has 0 radical (unpaired) electrons. The quantitative estimate of drug-likeness (QED) is 0.373. The van der Waals surface area contributed by atoms with Crippen LogP contribution in [-0.2, 0) is 0 Å². The number of rotatable bonds is 5. The van der Waals surface area contributed by atoms with Crippen molar-refractivity contribution in [3.05, 3.63) is 40.4 Å². The summed E-state index contributed by atoms with van der Waals surface area (Å²) in [6, 6.07) is 8.73. The number of benzene rings is 1. The SMILES string of the molecule is NNC(CSc1ccc(Br)cc1)C1=CCCCC1.